The van der Waals surface area contributed by atoms with Crippen molar-refractivity contribution in [2.75, 3.05) is 6.26 Å². The number of hydrogen-bond acceptors (Lipinski definition) is 3. The predicted octanol–water partition coefficient (Wildman–Crippen LogP) is 0.582. The minimum absolute atomic E-state index is 0.0654. The minimum Gasteiger partial charge on any atom is -0.392 e. The van der Waals surface area contributed by atoms with Gasteiger partial charge in [0.2, 0.25) is 0 Å². The van der Waals surface area contributed by atoms with E-state index in [-0.39, 0.29) is 11.5 Å². The van der Waals surface area contributed by atoms with Crippen LogP contribution in [-0.4, -0.2) is 19.8 Å². The van der Waals surface area contributed by atoms with Crippen LogP contribution < -0.4 is 0 Å². The normalized spacial score (nSPS) is 11.5. The highest BCUT2D eigenvalue weighted by molar-refractivity contribution is 7.90. The molecule has 0 saturated carbocycles. The first kappa shape index (κ1) is 9.22. The van der Waals surface area contributed by atoms with Crippen LogP contribution >= 0.6 is 0 Å². The van der Waals surface area contributed by atoms with Gasteiger partial charge in [0.1, 0.15) is 0 Å². The van der Waals surface area contributed by atoms with E-state index in [1.807, 2.05) is 0 Å². The fourth-order valence-electron chi connectivity index (χ4n) is 0.842. The molecule has 0 radical (unpaired) electrons. The van der Waals surface area contributed by atoms with Gasteiger partial charge in [-0.15, -0.1) is 0 Å². The molecule has 4 heteroatoms. The lowest BCUT2D eigenvalue weighted by Gasteiger charge is -1.98. The minimum atomic E-state index is -3.11. The van der Waals surface area contributed by atoms with Gasteiger partial charge in [-0.3, -0.25) is 0 Å². The van der Waals surface area contributed by atoms with Crippen molar-refractivity contribution in [1.82, 2.24) is 0 Å². The molecule has 1 aromatic rings. The average molecular weight is 186 g/mol. The van der Waals surface area contributed by atoms with Crippen LogP contribution in [0.3, 0.4) is 0 Å². The van der Waals surface area contributed by atoms with E-state index in [9.17, 15) is 8.42 Å². The third-order valence-electron chi connectivity index (χ3n) is 1.53. The van der Waals surface area contributed by atoms with Gasteiger partial charge in [0.15, 0.2) is 9.84 Å². The molecule has 1 aromatic carbocycles. The van der Waals surface area contributed by atoms with Crippen molar-refractivity contribution >= 4 is 9.84 Å². The van der Waals surface area contributed by atoms with Crippen molar-refractivity contribution < 1.29 is 13.5 Å². The molecule has 0 bridgehead atoms. The molecule has 0 heterocycles. The summed E-state index contributed by atoms with van der Waals surface area (Å²) >= 11 is 0. The Balaban J connectivity index is 3.09. The zero-order chi connectivity index (χ0) is 9.19. The molecule has 12 heavy (non-hydrogen) atoms. The summed E-state index contributed by atoms with van der Waals surface area (Å²) in [6, 6.07) is 6.16. The Hall–Kier alpha value is -0.870. The van der Waals surface area contributed by atoms with Crippen LogP contribution in [0.15, 0.2) is 29.2 Å². The van der Waals surface area contributed by atoms with Crippen molar-refractivity contribution in [3.63, 3.8) is 0 Å². The van der Waals surface area contributed by atoms with E-state index in [4.69, 9.17) is 5.11 Å². The number of aliphatic hydroxyl groups is 1. The molecule has 3 nitrogen and oxygen atoms in total. The zero-order valence-corrected chi connectivity index (χ0v) is 7.50. The fourth-order valence-corrected chi connectivity index (χ4v) is 1.47. The standard InChI is InChI=1S/C8H10O3S/c1-12(10,11)8-4-2-7(6-9)3-5-8/h2-5,9H,6H2,1H3. The highest BCUT2D eigenvalue weighted by atomic mass is 32.2. The summed E-state index contributed by atoms with van der Waals surface area (Å²) in [5, 5.41) is 8.68. The Kier molecular flexibility index (Phi) is 2.49. The Morgan fingerprint density at radius 2 is 1.75 bits per heavy atom. The van der Waals surface area contributed by atoms with E-state index in [1.165, 1.54) is 12.1 Å². The molecule has 0 aromatic heterocycles. The molecule has 0 fully saturated rings. The topological polar surface area (TPSA) is 54.4 Å². The summed E-state index contributed by atoms with van der Waals surface area (Å²) in [7, 11) is -3.11. The summed E-state index contributed by atoms with van der Waals surface area (Å²) in [6.07, 6.45) is 1.15. The van der Waals surface area contributed by atoms with Crippen LogP contribution in [-0.2, 0) is 16.4 Å². The molecule has 0 aliphatic rings. The first-order valence-corrected chi connectivity index (χ1v) is 5.33. The number of rotatable bonds is 2. The van der Waals surface area contributed by atoms with Crippen LogP contribution in [0.25, 0.3) is 0 Å². The van der Waals surface area contributed by atoms with E-state index in [2.05, 4.69) is 0 Å². The first-order chi connectivity index (χ1) is 5.54. The molecule has 1 rings (SSSR count). The number of hydrogen-bond donors (Lipinski definition) is 1. The third kappa shape index (κ3) is 2.06. The Morgan fingerprint density at radius 1 is 1.25 bits per heavy atom. The van der Waals surface area contributed by atoms with E-state index in [1.54, 1.807) is 12.1 Å². The lowest BCUT2D eigenvalue weighted by molar-refractivity contribution is 0.282. The fraction of sp³-hybridized carbons (Fsp3) is 0.250. The summed E-state index contributed by atoms with van der Waals surface area (Å²) in [5.74, 6) is 0. The van der Waals surface area contributed by atoms with Crippen LogP contribution in [0.2, 0.25) is 0 Å². The van der Waals surface area contributed by atoms with Gasteiger partial charge in [-0.2, -0.15) is 0 Å². The Labute approximate surface area is 71.6 Å². The van der Waals surface area contributed by atoms with Crippen molar-refractivity contribution in [2.45, 2.75) is 11.5 Å². The first-order valence-electron chi connectivity index (χ1n) is 3.44. The molecule has 66 valence electrons. The van der Waals surface area contributed by atoms with Crippen LogP contribution in [0.4, 0.5) is 0 Å². The van der Waals surface area contributed by atoms with Gasteiger partial charge in [0.05, 0.1) is 11.5 Å². The molecular formula is C8H10O3S. The Morgan fingerprint density at radius 3 is 2.08 bits per heavy atom. The maximum atomic E-state index is 11.0. The maximum Gasteiger partial charge on any atom is 0.175 e. The SMILES string of the molecule is CS(=O)(=O)c1ccc(CO)cc1. The van der Waals surface area contributed by atoms with Crippen molar-refractivity contribution in [1.29, 1.82) is 0 Å². The third-order valence-corrected chi connectivity index (χ3v) is 2.66. The van der Waals surface area contributed by atoms with E-state index < -0.39 is 9.84 Å². The monoisotopic (exact) mass is 186 g/mol. The molecule has 0 aliphatic heterocycles. The predicted molar refractivity (Wildman–Crippen MR) is 45.5 cm³/mol. The molecule has 1 N–H and O–H groups in total. The van der Waals surface area contributed by atoms with Crippen LogP contribution in [0.5, 0.6) is 0 Å². The zero-order valence-electron chi connectivity index (χ0n) is 6.69. The quantitative estimate of drug-likeness (QED) is 0.735. The summed E-state index contributed by atoms with van der Waals surface area (Å²) in [5.41, 5.74) is 0.711. The molecule has 0 unspecified atom stereocenters. The van der Waals surface area contributed by atoms with Crippen molar-refractivity contribution in [3.8, 4) is 0 Å². The molecular weight excluding hydrogens is 176 g/mol. The van der Waals surface area contributed by atoms with Crippen LogP contribution in [0.1, 0.15) is 5.56 Å². The van der Waals surface area contributed by atoms with Gasteiger partial charge in [0.25, 0.3) is 0 Å². The molecule has 0 atom stereocenters. The van der Waals surface area contributed by atoms with Gasteiger partial charge in [-0.05, 0) is 17.7 Å². The highest BCUT2D eigenvalue weighted by Gasteiger charge is 2.04. The van der Waals surface area contributed by atoms with E-state index in [0.29, 0.717) is 5.56 Å². The van der Waals surface area contributed by atoms with Gasteiger partial charge in [-0.25, -0.2) is 8.42 Å². The summed E-state index contributed by atoms with van der Waals surface area (Å²) in [6.45, 7) is -0.0654. The lowest BCUT2D eigenvalue weighted by Crippen LogP contribution is -1.96. The number of sulfone groups is 1. The molecule has 0 amide bonds. The lowest BCUT2D eigenvalue weighted by atomic mass is 10.2. The second kappa shape index (κ2) is 3.25. The smallest absolute Gasteiger partial charge is 0.175 e. The maximum absolute atomic E-state index is 11.0. The summed E-state index contributed by atoms with van der Waals surface area (Å²) < 4.78 is 21.9. The van der Waals surface area contributed by atoms with Crippen molar-refractivity contribution in [2.24, 2.45) is 0 Å². The van der Waals surface area contributed by atoms with E-state index in [0.717, 1.165) is 6.26 Å². The van der Waals surface area contributed by atoms with Gasteiger partial charge < -0.3 is 5.11 Å². The largest absolute Gasteiger partial charge is 0.392 e. The average Bonchev–Trinajstić information content (AvgIpc) is 2.03. The van der Waals surface area contributed by atoms with Crippen LogP contribution in [0, 0.1) is 0 Å². The van der Waals surface area contributed by atoms with E-state index >= 15 is 0 Å². The Bertz CT molecular complexity index is 350. The second-order valence-corrected chi connectivity index (χ2v) is 4.59. The van der Waals surface area contributed by atoms with Crippen molar-refractivity contribution in [3.05, 3.63) is 29.8 Å². The number of aliphatic hydroxyl groups excluding tert-OH is 1. The van der Waals surface area contributed by atoms with Gasteiger partial charge in [-0.1, -0.05) is 12.1 Å². The number of benzene rings is 1. The molecule has 0 spiro atoms. The molecule has 0 saturated heterocycles. The second-order valence-electron chi connectivity index (χ2n) is 2.57. The molecule has 0 aliphatic carbocycles. The van der Waals surface area contributed by atoms with Gasteiger partial charge in [0, 0.05) is 6.26 Å². The highest BCUT2D eigenvalue weighted by Crippen LogP contribution is 2.09. The van der Waals surface area contributed by atoms with Gasteiger partial charge >= 0.3 is 0 Å². The summed E-state index contributed by atoms with van der Waals surface area (Å²) in [4.78, 5) is 0.278.